The molecule has 0 spiro atoms. The summed E-state index contributed by atoms with van der Waals surface area (Å²) >= 11 is 0. The quantitative estimate of drug-likeness (QED) is 0.724. The molecule has 0 amide bonds. The molecule has 2 nitrogen and oxygen atoms in total. The third kappa shape index (κ3) is 1.71. The average Bonchev–Trinajstić information content (AvgIpc) is 2.21. The van der Waals surface area contributed by atoms with E-state index in [1.807, 2.05) is 38.4 Å². The summed E-state index contributed by atoms with van der Waals surface area (Å²) in [6.45, 7) is 8.34. The summed E-state index contributed by atoms with van der Waals surface area (Å²) in [4.78, 5) is 8.74. The number of rotatable bonds is 1. The summed E-state index contributed by atoms with van der Waals surface area (Å²) < 4.78 is 0. The van der Waals surface area contributed by atoms with Gasteiger partial charge in [-0.3, -0.25) is 9.97 Å². The third-order valence-electron chi connectivity index (χ3n) is 2.95. The van der Waals surface area contributed by atoms with Gasteiger partial charge < -0.3 is 0 Å². The van der Waals surface area contributed by atoms with Crippen LogP contribution in [0.4, 0.5) is 0 Å². The van der Waals surface area contributed by atoms with E-state index in [0.717, 1.165) is 11.4 Å². The number of nitrogens with zero attached hydrogens (tertiary/aromatic N) is 2. The second kappa shape index (κ2) is 4.05. The molecule has 0 aliphatic rings. The van der Waals surface area contributed by atoms with Crippen molar-refractivity contribution in [1.82, 2.24) is 9.97 Å². The first-order valence-electron chi connectivity index (χ1n) is 5.46. The van der Waals surface area contributed by atoms with E-state index in [2.05, 4.69) is 23.8 Å². The maximum atomic E-state index is 4.37. The molecule has 16 heavy (non-hydrogen) atoms. The van der Waals surface area contributed by atoms with Gasteiger partial charge >= 0.3 is 0 Å². The highest BCUT2D eigenvalue weighted by atomic mass is 14.7. The highest BCUT2D eigenvalue weighted by Gasteiger charge is 2.11. The summed E-state index contributed by atoms with van der Waals surface area (Å²) in [5.74, 6) is 0. The zero-order valence-electron chi connectivity index (χ0n) is 10.2. The Bertz CT molecular complexity index is 440. The van der Waals surface area contributed by atoms with Crippen molar-refractivity contribution < 1.29 is 0 Å². The van der Waals surface area contributed by atoms with Crippen molar-refractivity contribution in [2.45, 2.75) is 27.7 Å². The molecule has 0 fully saturated rings. The number of hydrogen-bond acceptors (Lipinski definition) is 2. The normalized spacial score (nSPS) is 10.5. The van der Waals surface area contributed by atoms with Gasteiger partial charge in [-0.1, -0.05) is 0 Å². The Morgan fingerprint density at radius 3 is 1.38 bits per heavy atom. The SMILES string of the molecule is Cc1ccnc(C)c1-c1c(C)ccnc1C. The highest BCUT2D eigenvalue weighted by molar-refractivity contribution is 5.73. The van der Waals surface area contributed by atoms with Crippen LogP contribution in [0.15, 0.2) is 24.5 Å². The lowest BCUT2D eigenvalue weighted by Crippen LogP contribution is -1.97. The van der Waals surface area contributed by atoms with E-state index in [9.17, 15) is 0 Å². The van der Waals surface area contributed by atoms with Crippen molar-refractivity contribution in [2.24, 2.45) is 0 Å². The summed E-state index contributed by atoms with van der Waals surface area (Å²) in [5, 5.41) is 0. The van der Waals surface area contributed by atoms with Crippen LogP contribution in [0, 0.1) is 27.7 Å². The third-order valence-corrected chi connectivity index (χ3v) is 2.95. The number of hydrogen-bond donors (Lipinski definition) is 0. The van der Waals surface area contributed by atoms with Crippen LogP contribution >= 0.6 is 0 Å². The first kappa shape index (κ1) is 10.8. The lowest BCUT2D eigenvalue weighted by atomic mass is 9.95. The Hall–Kier alpha value is -1.70. The Kier molecular flexibility index (Phi) is 2.73. The second-order valence-corrected chi connectivity index (χ2v) is 4.18. The fourth-order valence-corrected chi connectivity index (χ4v) is 2.14. The van der Waals surface area contributed by atoms with E-state index in [-0.39, 0.29) is 0 Å². The highest BCUT2D eigenvalue weighted by Crippen LogP contribution is 2.30. The second-order valence-electron chi connectivity index (χ2n) is 4.18. The number of aryl methyl sites for hydroxylation is 4. The summed E-state index contributed by atoms with van der Waals surface area (Å²) in [6, 6.07) is 4.10. The van der Waals surface area contributed by atoms with Gasteiger partial charge in [-0.15, -0.1) is 0 Å². The van der Waals surface area contributed by atoms with Crippen molar-refractivity contribution in [2.75, 3.05) is 0 Å². The molecule has 0 aromatic carbocycles. The van der Waals surface area contributed by atoms with Crippen molar-refractivity contribution in [1.29, 1.82) is 0 Å². The summed E-state index contributed by atoms with van der Waals surface area (Å²) in [6.07, 6.45) is 3.71. The van der Waals surface area contributed by atoms with Gasteiger partial charge in [0.05, 0.1) is 0 Å². The van der Waals surface area contributed by atoms with Gasteiger partial charge in [0, 0.05) is 34.9 Å². The maximum Gasteiger partial charge on any atom is 0.0454 e. The number of pyridine rings is 2. The van der Waals surface area contributed by atoms with Crippen LogP contribution in [0.3, 0.4) is 0 Å². The molecule has 2 heteroatoms. The molecular weight excluding hydrogens is 196 g/mol. The van der Waals surface area contributed by atoms with Crippen LogP contribution in [0.1, 0.15) is 22.5 Å². The van der Waals surface area contributed by atoms with E-state index in [4.69, 9.17) is 0 Å². The maximum absolute atomic E-state index is 4.37. The van der Waals surface area contributed by atoms with E-state index >= 15 is 0 Å². The van der Waals surface area contributed by atoms with Crippen LogP contribution in [0.5, 0.6) is 0 Å². The molecule has 2 aromatic rings. The Balaban J connectivity index is 2.77. The van der Waals surface area contributed by atoms with Crippen LogP contribution < -0.4 is 0 Å². The standard InChI is InChI=1S/C14H16N2/c1-9-5-7-15-11(3)13(9)14-10(2)6-8-16-12(14)4/h5-8H,1-4H3. The Morgan fingerprint density at radius 2 is 1.06 bits per heavy atom. The molecule has 0 saturated carbocycles. The molecule has 2 aromatic heterocycles. The molecule has 0 aliphatic heterocycles. The first-order valence-corrected chi connectivity index (χ1v) is 5.46. The minimum atomic E-state index is 1.07. The van der Waals surface area contributed by atoms with Crippen molar-refractivity contribution in [3.8, 4) is 11.1 Å². The molecule has 0 unspecified atom stereocenters. The van der Waals surface area contributed by atoms with Crippen LogP contribution in [0.25, 0.3) is 11.1 Å². The van der Waals surface area contributed by atoms with Gasteiger partial charge in [0.2, 0.25) is 0 Å². The predicted octanol–water partition coefficient (Wildman–Crippen LogP) is 3.38. The Morgan fingerprint density at radius 1 is 0.688 bits per heavy atom. The van der Waals surface area contributed by atoms with E-state index < -0.39 is 0 Å². The predicted molar refractivity (Wildman–Crippen MR) is 66.4 cm³/mol. The molecule has 0 saturated heterocycles. The molecule has 0 radical (unpaired) electrons. The lowest BCUT2D eigenvalue weighted by Gasteiger charge is -2.13. The molecule has 2 rings (SSSR count). The molecule has 0 N–H and O–H groups in total. The van der Waals surface area contributed by atoms with Crippen molar-refractivity contribution in [3.63, 3.8) is 0 Å². The van der Waals surface area contributed by atoms with Gasteiger partial charge in [0.25, 0.3) is 0 Å². The Labute approximate surface area is 96.4 Å². The van der Waals surface area contributed by atoms with E-state index in [1.165, 1.54) is 22.3 Å². The van der Waals surface area contributed by atoms with Crippen LogP contribution in [0.2, 0.25) is 0 Å². The van der Waals surface area contributed by atoms with Gasteiger partial charge in [-0.25, -0.2) is 0 Å². The topological polar surface area (TPSA) is 25.8 Å². The average molecular weight is 212 g/mol. The van der Waals surface area contributed by atoms with Gasteiger partial charge in [0.15, 0.2) is 0 Å². The smallest absolute Gasteiger partial charge is 0.0454 e. The molecule has 0 bridgehead atoms. The number of aromatic nitrogens is 2. The largest absolute Gasteiger partial charge is 0.261 e. The summed E-state index contributed by atoms with van der Waals surface area (Å²) in [7, 11) is 0. The minimum Gasteiger partial charge on any atom is -0.261 e. The summed E-state index contributed by atoms with van der Waals surface area (Å²) in [5.41, 5.74) is 7.10. The lowest BCUT2D eigenvalue weighted by molar-refractivity contribution is 1.14. The molecule has 0 aliphatic carbocycles. The van der Waals surface area contributed by atoms with E-state index in [0.29, 0.717) is 0 Å². The molecule has 2 heterocycles. The van der Waals surface area contributed by atoms with Crippen molar-refractivity contribution in [3.05, 3.63) is 47.0 Å². The van der Waals surface area contributed by atoms with E-state index in [1.54, 1.807) is 0 Å². The van der Waals surface area contributed by atoms with Gasteiger partial charge in [-0.2, -0.15) is 0 Å². The molecule has 82 valence electrons. The molecule has 0 atom stereocenters. The monoisotopic (exact) mass is 212 g/mol. The first-order chi connectivity index (χ1) is 7.61. The van der Waals surface area contributed by atoms with Crippen LogP contribution in [-0.4, -0.2) is 9.97 Å². The zero-order valence-corrected chi connectivity index (χ0v) is 10.2. The van der Waals surface area contributed by atoms with Gasteiger partial charge in [-0.05, 0) is 51.0 Å². The van der Waals surface area contributed by atoms with Crippen LogP contribution in [-0.2, 0) is 0 Å². The fourth-order valence-electron chi connectivity index (χ4n) is 2.14. The fraction of sp³-hybridized carbons (Fsp3) is 0.286. The van der Waals surface area contributed by atoms with Crippen molar-refractivity contribution >= 4 is 0 Å². The minimum absolute atomic E-state index is 1.07. The zero-order chi connectivity index (χ0) is 11.7. The molecular formula is C14H16N2. The van der Waals surface area contributed by atoms with Gasteiger partial charge in [0.1, 0.15) is 0 Å².